The minimum Gasteiger partial charge on any atom is -0.379 e. The SMILES string of the molecule is CNC(=O)c1ccc(NC(C)c2ccc(I)cc2)cc1. The first kappa shape index (κ1) is 14.8. The Morgan fingerprint density at radius 1 is 1.05 bits per heavy atom. The van der Waals surface area contributed by atoms with Crippen LogP contribution >= 0.6 is 22.6 Å². The van der Waals surface area contributed by atoms with E-state index in [0.29, 0.717) is 5.56 Å². The summed E-state index contributed by atoms with van der Waals surface area (Å²) in [7, 11) is 1.63. The Hall–Kier alpha value is -1.56. The highest BCUT2D eigenvalue weighted by Gasteiger charge is 2.06. The van der Waals surface area contributed by atoms with Crippen LogP contribution in [0.2, 0.25) is 0 Å². The van der Waals surface area contributed by atoms with Gasteiger partial charge < -0.3 is 10.6 Å². The first-order chi connectivity index (χ1) is 9.60. The molecule has 2 aromatic carbocycles. The van der Waals surface area contributed by atoms with Crippen LogP contribution in [0.1, 0.15) is 28.9 Å². The molecule has 0 spiro atoms. The van der Waals surface area contributed by atoms with Gasteiger partial charge in [0.15, 0.2) is 0 Å². The van der Waals surface area contributed by atoms with Gasteiger partial charge in [0.25, 0.3) is 5.91 Å². The molecule has 0 aliphatic carbocycles. The zero-order valence-corrected chi connectivity index (χ0v) is 13.6. The van der Waals surface area contributed by atoms with E-state index in [1.54, 1.807) is 7.05 Å². The molecule has 104 valence electrons. The topological polar surface area (TPSA) is 41.1 Å². The molecule has 0 saturated heterocycles. The molecule has 1 atom stereocenters. The van der Waals surface area contributed by atoms with Gasteiger partial charge in [-0.05, 0) is 71.5 Å². The molecule has 2 N–H and O–H groups in total. The van der Waals surface area contributed by atoms with E-state index in [0.717, 1.165) is 5.69 Å². The third-order valence-electron chi connectivity index (χ3n) is 3.13. The van der Waals surface area contributed by atoms with Gasteiger partial charge in [-0.1, -0.05) is 12.1 Å². The molecule has 1 unspecified atom stereocenters. The van der Waals surface area contributed by atoms with Gasteiger partial charge in [-0.25, -0.2) is 0 Å². The zero-order chi connectivity index (χ0) is 14.5. The fourth-order valence-electron chi connectivity index (χ4n) is 1.95. The second kappa shape index (κ2) is 6.74. The number of carbonyl (C=O) groups is 1. The number of halogens is 1. The van der Waals surface area contributed by atoms with Crippen LogP contribution in [-0.2, 0) is 0 Å². The van der Waals surface area contributed by atoms with Crippen molar-refractivity contribution in [1.82, 2.24) is 5.32 Å². The lowest BCUT2D eigenvalue weighted by atomic mass is 10.1. The first-order valence-electron chi connectivity index (χ1n) is 6.44. The van der Waals surface area contributed by atoms with E-state index in [-0.39, 0.29) is 11.9 Å². The van der Waals surface area contributed by atoms with E-state index < -0.39 is 0 Å². The second-order valence-corrected chi connectivity index (χ2v) is 5.82. The van der Waals surface area contributed by atoms with Crippen LogP contribution in [0.25, 0.3) is 0 Å². The Labute approximate surface area is 132 Å². The maximum atomic E-state index is 11.5. The molecule has 3 nitrogen and oxygen atoms in total. The third-order valence-corrected chi connectivity index (χ3v) is 3.85. The number of carbonyl (C=O) groups excluding carboxylic acids is 1. The minimum atomic E-state index is -0.0674. The quantitative estimate of drug-likeness (QED) is 0.792. The summed E-state index contributed by atoms with van der Waals surface area (Å²) in [6.07, 6.45) is 0. The predicted octanol–water partition coefficient (Wildman–Crippen LogP) is 3.82. The fraction of sp³-hybridized carbons (Fsp3) is 0.188. The Morgan fingerprint density at radius 2 is 1.65 bits per heavy atom. The molecule has 20 heavy (non-hydrogen) atoms. The van der Waals surface area contributed by atoms with E-state index in [1.165, 1.54) is 9.13 Å². The second-order valence-electron chi connectivity index (χ2n) is 4.57. The van der Waals surface area contributed by atoms with Crippen molar-refractivity contribution in [3.05, 3.63) is 63.2 Å². The van der Waals surface area contributed by atoms with Crippen molar-refractivity contribution in [3.63, 3.8) is 0 Å². The number of rotatable bonds is 4. The number of nitrogens with one attached hydrogen (secondary N) is 2. The number of benzene rings is 2. The number of hydrogen-bond acceptors (Lipinski definition) is 2. The molecular weight excluding hydrogens is 363 g/mol. The zero-order valence-electron chi connectivity index (χ0n) is 11.5. The van der Waals surface area contributed by atoms with Crippen LogP contribution in [0.15, 0.2) is 48.5 Å². The van der Waals surface area contributed by atoms with Gasteiger partial charge in [-0.3, -0.25) is 4.79 Å². The summed E-state index contributed by atoms with van der Waals surface area (Å²) < 4.78 is 1.23. The molecule has 4 heteroatoms. The van der Waals surface area contributed by atoms with Gasteiger partial charge in [0.2, 0.25) is 0 Å². The monoisotopic (exact) mass is 380 g/mol. The normalized spacial score (nSPS) is 11.8. The van der Waals surface area contributed by atoms with Crippen LogP contribution in [0.5, 0.6) is 0 Å². The maximum absolute atomic E-state index is 11.5. The molecule has 1 amide bonds. The van der Waals surface area contributed by atoms with E-state index in [4.69, 9.17) is 0 Å². The summed E-state index contributed by atoms with van der Waals surface area (Å²) in [6.45, 7) is 2.12. The standard InChI is InChI=1S/C16H17IN2O/c1-11(12-3-7-14(17)8-4-12)19-15-9-5-13(6-10-15)16(20)18-2/h3-11,19H,1-2H3,(H,18,20). The van der Waals surface area contributed by atoms with Crippen molar-refractivity contribution < 1.29 is 4.79 Å². The van der Waals surface area contributed by atoms with Crippen molar-refractivity contribution in [2.75, 3.05) is 12.4 Å². The minimum absolute atomic E-state index is 0.0674. The van der Waals surface area contributed by atoms with E-state index in [1.807, 2.05) is 24.3 Å². The van der Waals surface area contributed by atoms with Crippen molar-refractivity contribution in [1.29, 1.82) is 0 Å². The van der Waals surface area contributed by atoms with Crippen molar-refractivity contribution in [2.24, 2.45) is 0 Å². The average Bonchev–Trinajstić information content (AvgIpc) is 2.48. The molecule has 0 heterocycles. The molecule has 0 aliphatic rings. The summed E-state index contributed by atoms with van der Waals surface area (Å²) in [4.78, 5) is 11.5. The highest BCUT2D eigenvalue weighted by atomic mass is 127. The summed E-state index contributed by atoms with van der Waals surface area (Å²) in [5.41, 5.74) is 2.91. The first-order valence-corrected chi connectivity index (χ1v) is 7.52. The maximum Gasteiger partial charge on any atom is 0.251 e. The van der Waals surface area contributed by atoms with Crippen molar-refractivity contribution in [3.8, 4) is 0 Å². The summed E-state index contributed by atoms with van der Waals surface area (Å²) in [5, 5.41) is 6.04. The Morgan fingerprint density at radius 3 is 2.20 bits per heavy atom. The highest BCUT2D eigenvalue weighted by molar-refractivity contribution is 14.1. The van der Waals surface area contributed by atoms with Crippen LogP contribution < -0.4 is 10.6 Å². The number of hydrogen-bond donors (Lipinski definition) is 2. The summed E-state index contributed by atoms with van der Waals surface area (Å²) >= 11 is 2.30. The van der Waals surface area contributed by atoms with Gasteiger partial charge >= 0.3 is 0 Å². The molecule has 2 aromatic rings. The third kappa shape index (κ3) is 3.72. The average molecular weight is 380 g/mol. The van der Waals surface area contributed by atoms with Gasteiger partial charge in [-0.15, -0.1) is 0 Å². The molecule has 0 bridgehead atoms. The van der Waals surface area contributed by atoms with Crippen molar-refractivity contribution >= 4 is 34.2 Å². The van der Waals surface area contributed by atoms with Crippen LogP contribution in [-0.4, -0.2) is 13.0 Å². The number of amides is 1. The van der Waals surface area contributed by atoms with Gasteiger partial charge in [0.05, 0.1) is 0 Å². The van der Waals surface area contributed by atoms with E-state index in [9.17, 15) is 4.79 Å². The Balaban J connectivity index is 2.06. The Bertz CT molecular complexity index is 578. The van der Waals surface area contributed by atoms with E-state index in [2.05, 4.69) is 64.4 Å². The summed E-state index contributed by atoms with van der Waals surface area (Å²) in [6, 6.07) is 16.2. The lowest BCUT2D eigenvalue weighted by Gasteiger charge is -2.16. The molecule has 0 aromatic heterocycles. The van der Waals surface area contributed by atoms with E-state index >= 15 is 0 Å². The lowest BCUT2D eigenvalue weighted by molar-refractivity contribution is 0.0963. The van der Waals surface area contributed by atoms with Gasteiger partial charge in [0, 0.05) is 27.9 Å². The summed E-state index contributed by atoms with van der Waals surface area (Å²) in [5.74, 6) is -0.0674. The molecular formula is C16H17IN2O. The van der Waals surface area contributed by atoms with Gasteiger partial charge in [0.1, 0.15) is 0 Å². The van der Waals surface area contributed by atoms with Crippen LogP contribution in [0, 0.1) is 3.57 Å². The smallest absolute Gasteiger partial charge is 0.251 e. The Kier molecular flexibility index (Phi) is 5.00. The lowest BCUT2D eigenvalue weighted by Crippen LogP contribution is -2.17. The van der Waals surface area contributed by atoms with Crippen LogP contribution in [0.3, 0.4) is 0 Å². The van der Waals surface area contributed by atoms with Crippen LogP contribution in [0.4, 0.5) is 5.69 Å². The molecule has 2 rings (SSSR count). The van der Waals surface area contributed by atoms with Crippen molar-refractivity contribution in [2.45, 2.75) is 13.0 Å². The number of anilines is 1. The highest BCUT2D eigenvalue weighted by Crippen LogP contribution is 2.20. The molecule has 0 fully saturated rings. The fourth-order valence-corrected chi connectivity index (χ4v) is 2.31. The molecule has 0 aliphatic heterocycles. The predicted molar refractivity (Wildman–Crippen MR) is 91.0 cm³/mol. The molecule has 0 radical (unpaired) electrons. The largest absolute Gasteiger partial charge is 0.379 e. The molecule has 0 saturated carbocycles. The van der Waals surface area contributed by atoms with Gasteiger partial charge in [-0.2, -0.15) is 0 Å².